The van der Waals surface area contributed by atoms with Gasteiger partial charge in [-0.15, -0.1) is 0 Å². The van der Waals surface area contributed by atoms with Crippen molar-refractivity contribution in [2.75, 3.05) is 25.1 Å². The van der Waals surface area contributed by atoms with E-state index >= 15 is 0 Å². The van der Waals surface area contributed by atoms with E-state index in [-0.39, 0.29) is 0 Å². The number of ether oxygens (including phenoxy) is 1. The molecule has 1 fully saturated rings. The summed E-state index contributed by atoms with van der Waals surface area (Å²) >= 11 is 0. The van der Waals surface area contributed by atoms with Crippen LogP contribution in [-0.4, -0.2) is 31.2 Å². The summed E-state index contributed by atoms with van der Waals surface area (Å²) in [6, 6.07) is 4.62. The Kier molecular flexibility index (Phi) is 4.20. The quantitative estimate of drug-likeness (QED) is 0.845. The fourth-order valence-corrected chi connectivity index (χ4v) is 2.45. The van der Waals surface area contributed by atoms with Gasteiger partial charge in [-0.3, -0.25) is 0 Å². The first-order valence-electron chi connectivity index (χ1n) is 6.32. The zero-order valence-corrected chi connectivity index (χ0v) is 10.4. The number of nitrogens with zero attached hydrogens (tertiary/aromatic N) is 2. The molecular weight excluding hydrogens is 214 g/mol. The number of aromatic nitrogens is 1. The van der Waals surface area contributed by atoms with E-state index in [9.17, 15) is 0 Å². The molecule has 0 radical (unpaired) electrons. The summed E-state index contributed by atoms with van der Waals surface area (Å²) in [5, 5.41) is 0. The van der Waals surface area contributed by atoms with Crippen molar-refractivity contribution in [1.29, 1.82) is 0 Å². The van der Waals surface area contributed by atoms with Crippen LogP contribution in [0.5, 0.6) is 5.75 Å². The van der Waals surface area contributed by atoms with Crippen LogP contribution in [-0.2, 0) is 0 Å². The van der Waals surface area contributed by atoms with Crippen LogP contribution in [0.15, 0.2) is 18.3 Å². The van der Waals surface area contributed by atoms with E-state index in [1.807, 2.05) is 12.1 Å². The van der Waals surface area contributed by atoms with Gasteiger partial charge in [0.25, 0.3) is 0 Å². The van der Waals surface area contributed by atoms with Gasteiger partial charge in [0.15, 0.2) is 0 Å². The van der Waals surface area contributed by atoms with Crippen molar-refractivity contribution in [1.82, 2.24) is 4.98 Å². The third kappa shape index (κ3) is 2.88. The van der Waals surface area contributed by atoms with Gasteiger partial charge in [0.2, 0.25) is 0 Å². The molecule has 0 aromatic carbocycles. The molecule has 4 nitrogen and oxygen atoms in total. The van der Waals surface area contributed by atoms with Crippen LogP contribution < -0.4 is 15.4 Å². The maximum absolute atomic E-state index is 5.58. The Labute approximate surface area is 103 Å². The molecular formula is C13H21N3O. The normalized spacial score (nSPS) is 19.6. The zero-order valence-electron chi connectivity index (χ0n) is 10.4. The predicted octanol–water partition coefficient (Wildman–Crippen LogP) is 1.80. The van der Waals surface area contributed by atoms with Crippen LogP contribution >= 0.6 is 0 Å². The van der Waals surface area contributed by atoms with Gasteiger partial charge in [-0.05, 0) is 44.4 Å². The van der Waals surface area contributed by atoms with Gasteiger partial charge in [-0.25, -0.2) is 4.98 Å². The van der Waals surface area contributed by atoms with Gasteiger partial charge in [-0.1, -0.05) is 0 Å². The fourth-order valence-electron chi connectivity index (χ4n) is 2.45. The predicted molar refractivity (Wildman–Crippen MR) is 69.4 cm³/mol. The molecule has 1 aromatic heterocycles. The Balaban J connectivity index is 2.03. The fraction of sp³-hybridized carbons (Fsp3) is 0.615. The second-order valence-electron chi connectivity index (χ2n) is 4.48. The number of rotatable bonds is 5. The lowest BCUT2D eigenvalue weighted by Gasteiger charge is -2.25. The minimum absolute atomic E-state index is 0.611. The Hall–Kier alpha value is -1.29. The molecule has 1 aliphatic rings. The van der Waals surface area contributed by atoms with Crippen molar-refractivity contribution in [3.8, 4) is 5.75 Å². The largest absolute Gasteiger partial charge is 0.495 e. The van der Waals surface area contributed by atoms with E-state index in [1.165, 1.54) is 19.3 Å². The number of pyridine rings is 1. The lowest BCUT2D eigenvalue weighted by Crippen LogP contribution is -2.30. The summed E-state index contributed by atoms with van der Waals surface area (Å²) in [5.74, 6) is 1.87. The molecule has 17 heavy (non-hydrogen) atoms. The maximum Gasteiger partial charge on any atom is 0.137 e. The molecule has 4 heteroatoms. The van der Waals surface area contributed by atoms with Crippen LogP contribution in [0.3, 0.4) is 0 Å². The highest BCUT2D eigenvalue weighted by atomic mass is 16.5. The lowest BCUT2D eigenvalue weighted by molar-refractivity contribution is 0.413. The van der Waals surface area contributed by atoms with Gasteiger partial charge >= 0.3 is 0 Å². The summed E-state index contributed by atoms with van der Waals surface area (Å²) in [6.07, 6.45) is 6.56. The standard InChI is InChI=1S/C13H21N3O/c1-17-12-6-7-13(15-10-12)16-9-3-5-11(16)4-2-8-14/h6-7,10-11H,2-5,8-9,14H2,1H3. The van der Waals surface area contributed by atoms with E-state index in [0.717, 1.165) is 31.1 Å². The molecule has 1 unspecified atom stereocenters. The lowest BCUT2D eigenvalue weighted by atomic mass is 10.1. The van der Waals surface area contributed by atoms with Crippen molar-refractivity contribution in [2.24, 2.45) is 5.73 Å². The average molecular weight is 235 g/mol. The molecule has 94 valence electrons. The maximum atomic E-state index is 5.58. The van der Waals surface area contributed by atoms with Crippen LogP contribution in [0.1, 0.15) is 25.7 Å². The highest BCUT2D eigenvalue weighted by Crippen LogP contribution is 2.27. The molecule has 1 atom stereocenters. The van der Waals surface area contributed by atoms with Crippen molar-refractivity contribution in [2.45, 2.75) is 31.7 Å². The molecule has 0 bridgehead atoms. The molecule has 1 aromatic rings. The second-order valence-corrected chi connectivity index (χ2v) is 4.48. The monoisotopic (exact) mass is 235 g/mol. The average Bonchev–Trinajstić information content (AvgIpc) is 2.84. The Morgan fingerprint density at radius 1 is 1.53 bits per heavy atom. The van der Waals surface area contributed by atoms with Crippen molar-refractivity contribution in [3.05, 3.63) is 18.3 Å². The van der Waals surface area contributed by atoms with Crippen LogP contribution in [0, 0.1) is 0 Å². The van der Waals surface area contributed by atoms with E-state index in [2.05, 4.69) is 9.88 Å². The minimum Gasteiger partial charge on any atom is -0.495 e. The molecule has 0 aliphatic carbocycles. The molecule has 0 saturated carbocycles. The van der Waals surface area contributed by atoms with E-state index in [0.29, 0.717) is 6.04 Å². The third-order valence-corrected chi connectivity index (χ3v) is 3.37. The first-order valence-corrected chi connectivity index (χ1v) is 6.32. The number of hydrogen-bond acceptors (Lipinski definition) is 4. The molecule has 0 amide bonds. The number of methoxy groups -OCH3 is 1. The van der Waals surface area contributed by atoms with Gasteiger partial charge in [-0.2, -0.15) is 0 Å². The van der Waals surface area contributed by atoms with Crippen LogP contribution in [0.25, 0.3) is 0 Å². The Morgan fingerprint density at radius 2 is 2.41 bits per heavy atom. The Morgan fingerprint density at radius 3 is 3.06 bits per heavy atom. The molecule has 1 saturated heterocycles. The first-order chi connectivity index (χ1) is 8.35. The van der Waals surface area contributed by atoms with E-state index < -0.39 is 0 Å². The first kappa shape index (κ1) is 12.2. The topological polar surface area (TPSA) is 51.4 Å². The molecule has 2 heterocycles. The van der Waals surface area contributed by atoms with Crippen molar-refractivity contribution >= 4 is 5.82 Å². The zero-order chi connectivity index (χ0) is 12.1. The summed E-state index contributed by atoms with van der Waals surface area (Å²) in [6.45, 7) is 1.88. The highest BCUT2D eigenvalue weighted by Gasteiger charge is 2.24. The molecule has 2 N–H and O–H groups in total. The van der Waals surface area contributed by atoms with Gasteiger partial charge in [0, 0.05) is 12.6 Å². The smallest absolute Gasteiger partial charge is 0.137 e. The van der Waals surface area contributed by atoms with Gasteiger partial charge in [0.05, 0.1) is 13.3 Å². The molecule has 2 rings (SSSR count). The molecule has 0 spiro atoms. The van der Waals surface area contributed by atoms with Gasteiger partial charge in [0.1, 0.15) is 11.6 Å². The van der Waals surface area contributed by atoms with Crippen LogP contribution in [0.4, 0.5) is 5.82 Å². The van der Waals surface area contributed by atoms with E-state index in [1.54, 1.807) is 13.3 Å². The summed E-state index contributed by atoms with van der Waals surface area (Å²) in [7, 11) is 1.66. The summed E-state index contributed by atoms with van der Waals surface area (Å²) < 4.78 is 5.13. The summed E-state index contributed by atoms with van der Waals surface area (Å²) in [5.41, 5.74) is 5.58. The highest BCUT2D eigenvalue weighted by molar-refractivity contribution is 5.43. The summed E-state index contributed by atoms with van der Waals surface area (Å²) in [4.78, 5) is 6.86. The SMILES string of the molecule is COc1ccc(N2CCCC2CCCN)nc1. The van der Waals surface area contributed by atoms with Crippen molar-refractivity contribution in [3.63, 3.8) is 0 Å². The van der Waals surface area contributed by atoms with Gasteiger partial charge < -0.3 is 15.4 Å². The second kappa shape index (κ2) is 5.87. The minimum atomic E-state index is 0.611. The number of anilines is 1. The third-order valence-electron chi connectivity index (χ3n) is 3.37. The van der Waals surface area contributed by atoms with Crippen molar-refractivity contribution < 1.29 is 4.74 Å². The molecule has 1 aliphatic heterocycles. The Bertz CT molecular complexity index is 339. The van der Waals surface area contributed by atoms with Crippen LogP contribution in [0.2, 0.25) is 0 Å². The van der Waals surface area contributed by atoms with E-state index in [4.69, 9.17) is 10.5 Å². The number of nitrogens with two attached hydrogens (primary N) is 1. The number of hydrogen-bond donors (Lipinski definition) is 1.